The highest BCUT2D eigenvalue weighted by Gasteiger charge is 2.26. The predicted molar refractivity (Wildman–Crippen MR) is 108 cm³/mol. The summed E-state index contributed by atoms with van der Waals surface area (Å²) < 4.78 is 0. The van der Waals surface area contributed by atoms with Gasteiger partial charge in [-0.3, -0.25) is 0 Å². The molecule has 1 aromatic heterocycles. The van der Waals surface area contributed by atoms with E-state index in [1.54, 1.807) is 12.1 Å². The second kappa shape index (κ2) is 7.74. The van der Waals surface area contributed by atoms with Crippen molar-refractivity contribution in [1.82, 2.24) is 9.88 Å². The number of anilines is 1. The van der Waals surface area contributed by atoms with Crippen molar-refractivity contribution in [3.63, 3.8) is 0 Å². The number of rotatable bonds is 4. The Kier molecular flexibility index (Phi) is 5.01. The lowest BCUT2D eigenvalue weighted by molar-refractivity contribution is 0.158. The van der Waals surface area contributed by atoms with E-state index in [2.05, 4.69) is 10.3 Å². The molecule has 5 heteroatoms. The topological polar surface area (TPSA) is 68.4 Å². The molecule has 3 aromatic rings. The van der Waals surface area contributed by atoms with Gasteiger partial charge in [0.05, 0.1) is 0 Å². The van der Waals surface area contributed by atoms with Crippen LogP contribution in [0, 0.1) is 0 Å². The van der Waals surface area contributed by atoms with Crippen molar-refractivity contribution >= 4 is 22.6 Å². The second-order valence-corrected chi connectivity index (χ2v) is 7.26. The number of nitrogens with one attached hydrogen (secondary N) is 2. The number of nitrogens with zero attached hydrogens (tertiary/aromatic N) is 1. The predicted octanol–water partition coefficient (Wildman–Crippen LogP) is 4.89. The maximum atomic E-state index is 12.9. The minimum Gasteiger partial charge on any atom is -0.508 e. The van der Waals surface area contributed by atoms with E-state index in [-0.39, 0.29) is 17.8 Å². The van der Waals surface area contributed by atoms with E-state index in [1.807, 2.05) is 47.5 Å². The highest BCUT2D eigenvalue weighted by molar-refractivity contribution is 5.93. The molecule has 5 nitrogen and oxygen atoms in total. The zero-order chi connectivity index (χ0) is 18.6. The number of H-pyrrole nitrogens is 1. The van der Waals surface area contributed by atoms with Gasteiger partial charge in [0, 0.05) is 35.4 Å². The number of aromatic hydroxyl groups is 1. The van der Waals surface area contributed by atoms with Crippen molar-refractivity contribution in [1.29, 1.82) is 0 Å². The van der Waals surface area contributed by atoms with Crippen molar-refractivity contribution in [3.05, 3.63) is 60.3 Å². The van der Waals surface area contributed by atoms with Crippen LogP contribution in [0.2, 0.25) is 0 Å². The summed E-state index contributed by atoms with van der Waals surface area (Å²) in [6, 6.07) is 15.5. The SMILES string of the molecule is O=C(Nc1ccc2[nH]ccc2c1)N1CCCC[C@H]1CCc1ccc(O)cc1. The summed E-state index contributed by atoms with van der Waals surface area (Å²) in [5.74, 6) is 0.289. The van der Waals surface area contributed by atoms with Crippen LogP contribution in [-0.4, -0.2) is 33.6 Å². The van der Waals surface area contributed by atoms with Crippen LogP contribution in [0.25, 0.3) is 10.9 Å². The summed E-state index contributed by atoms with van der Waals surface area (Å²) in [7, 11) is 0. The molecule has 2 heterocycles. The molecule has 0 radical (unpaired) electrons. The highest BCUT2D eigenvalue weighted by atomic mass is 16.3. The molecule has 0 aliphatic carbocycles. The molecule has 1 atom stereocenters. The summed E-state index contributed by atoms with van der Waals surface area (Å²) in [6.07, 6.45) is 7.01. The van der Waals surface area contributed by atoms with E-state index < -0.39 is 0 Å². The molecule has 4 rings (SSSR count). The van der Waals surface area contributed by atoms with E-state index in [0.29, 0.717) is 0 Å². The number of carbonyl (C=O) groups is 1. The molecule has 0 unspecified atom stereocenters. The number of hydrogen-bond acceptors (Lipinski definition) is 2. The van der Waals surface area contributed by atoms with Gasteiger partial charge in [-0.25, -0.2) is 4.79 Å². The summed E-state index contributed by atoms with van der Waals surface area (Å²) >= 11 is 0. The number of phenolic OH excluding ortho intramolecular Hbond substituents is 1. The number of amides is 2. The highest BCUT2D eigenvalue weighted by Crippen LogP contribution is 2.24. The molecule has 3 N–H and O–H groups in total. The molecular weight excluding hydrogens is 338 g/mol. The van der Waals surface area contributed by atoms with Gasteiger partial charge in [-0.05, 0) is 74.1 Å². The van der Waals surface area contributed by atoms with Crippen molar-refractivity contribution in [2.24, 2.45) is 0 Å². The van der Waals surface area contributed by atoms with Crippen molar-refractivity contribution in [2.75, 3.05) is 11.9 Å². The second-order valence-electron chi connectivity index (χ2n) is 7.26. The number of fused-ring (bicyclic) bond motifs is 1. The molecule has 140 valence electrons. The standard InChI is InChI=1S/C22H25N3O2/c26-20-9-5-16(6-10-20)4-8-19-3-1-2-14-25(19)22(27)24-18-7-11-21-17(15-18)12-13-23-21/h5-7,9-13,15,19,23,26H,1-4,8,14H2,(H,24,27)/t19-/m0/s1. The van der Waals surface area contributed by atoms with E-state index in [1.165, 1.54) is 12.0 Å². The molecule has 0 saturated carbocycles. The van der Waals surface area contributed by atoms with E-state index in [9.17, 15) is 9.90 Å². The van der Waals surface area contributed by atoms with Gasteiger partial charge >= 0.3 is 6.03 Å². The minimum atomic E-state index is -0.0136. The van der Waals surface area contributed by atoms with E-state index in [0.717, 1.165) is 48.8 Å². The summed E-state index contributed by atoms with van der Waals surface area (Å²) in [5.41, 5.74) is 3.09. The normalized spacial score (nSPS) is 17.2. The smallest absolute Gasteiger partial charge is 0.322 e. The zero-order valence-electron chi connectivity index (χ0n) is 15.3. The van der Waals surface area contributed by atoms with Gasteiger partial charge in [-0.2, -0.15) is 0 Å². The van der Waals surface area contributed by atoms with Crippen LogP contribution in [0.15, 0.2) is 54.7 Å². The lowest BCUT2D eigenvalue weighted by Crippen LogP contribution is -2.46. The number of aromatic amines is 1. The summed E-state index contributed by atoms with van der Waals surface area (Å²) in [5, 5.41) is 13.6. The Morgan fingerprint density at radius 2 is 2.00 bits per heavy atom. The van der Waals surface area contributed by atoms with Gasteiger partial charge in [0.1, 0.15) is 5.75 Å². The van der Waals surface area contributed by atoms with Gasteiger partial charge in [-0.15, -0.1) is 0 Å². The van der Waals surface area contributed by atoms with E-state index in [4.69, 9.17) is 0 Å². The first-order chi connectivity index (χ1) is 13.2. The van der Waals surface area contributed by atoms with Crippen LogP contribution < -0.4 is 5.32 Å². The third-order valence-corrected chi connectivity index (χ3v) is 5.40. The third-order valence-electron chi connectivity index (χ3n) is 5.40. The van der Waals surface area contributed by atoms with Crippen LogP contribution in [-0.2, 0) is 6.42 Å². The lowest BCUT2D eigenvalue weighted by atomic mass is 9.96. The Labute approximate surface area is 159 Å². The van der Waals surface area contributed by atoms with Crippen LogP contribution in [0.1, 0.15) is 31.2 Å². The Morgan fingerprint density at radius 3 is 2.85 bits per heavy atom. The van der Waals surface area contributed by atoms with Crippen LogP contribution in [0.5, 0.6) is 5.75 Å². The van der Waals surface area contributed by atoms with Crippen LogP contribution >= 0.6 is 0 Å². The molecule has 0 spiro atoms. The average molecular weight is 363 g/mol. The van der Waals surface area contributed by atoms with Gasteiger partial charge in [-0.1, -0.05) is 12.1 Å². The molecule has 1 fully saturated rings. The number of hydrogen-bond donors (Lipinski definition) is 3. The number of likely N-dealkylation sites (tertiary alicyclic amines) is 1. The first kappa shape index (κ1) is 17.5. The monoisotopic (exact) mass is 363 g/mol. The molecule has 1 aliphatic rings. The average Bonchev–Trinajstić information content (AvgIpc) is 3.15. The maximum absolute atomic E-state index is 12.9. The molecular formula is C22H25N3O2. The third kappa shape index (κ3) is 4.08. The summed E-state index contributed by atoms with van der Waals surface area (Å²) in [4.78, 5) is 18.0. The Bertz CT molecular complexity index is 917. The number of aryl methyl sites for hydroxylation is 1. The zero-order valence-corrected chi connectivity index (χ0v) is 15.3. The van der Waals surface area contributed by atoms with Gasteiger partial charge in [0.2, 0.25) is 0 Å². The molecule has 0 bridgehead atoms. The fourth-order valence-corrected chi connectivity index (χ4v) is 3.89. The number of benzene rings is 2. The van der Waals surface area contributed by atoms with Crippen molar-refractivity contribution < 1.29 is 9.90 Å². The number of aromatic nitrogens is 1. The molecule has 1 aliphatic heterocycles. The minimum absolute atomic E-state index is 0.0136. The van der Waals surface area contributed by atoms with Gasteiger partial charge in [0.25, 0.3) is 0 Å². The molecule has 2 aromatic carbocycles. The van der Waals surface area contributed by atoms with E-state index >= 15 is 0 Å². The number of phenols is 1. The Hall–Kier alpha value is -2.95. The quantitative estimate of drug-likeness (QED) is 0.617. The van der Waals surface area contributed by atoms with Gasteiger partial charge in [0.15, 0.2) is 0 Å². The fourth-order valence-electron chi connectivity index (χ4n) is 3.89. The molecule has 2 amide bonds. The molecule has 1 saturated heterocycles. The maximum Gasteiger partial charge on any atom is 0.322 e. The Morgan fingerprint density at radius 1 is 1.15 bits per heavy atom. The van der Waals surface area contributed by atoms with Gasteiger partial charge < -0.3 is 20.3 Å². The summed E-state index contributed by atoms with van der Waals surface area (Å²) in [6.45, 7) is 0.804. The van der Waals surface area contributed by atoms with Crippen LogP contribution in [0.3, 0.4) is 0 Å². The number of carbonyl (C=O) groups excluding carboxylic acids is 1. The molecule has 27 heavy (non-hydrogen) atoms. The fraction of sp³-hybridized carbons (Fsp3) is 0.318. The first-order valence-corrected chi connectivity index (χ1v) is 9.62. The number of piperidine rings is 1. The van der Waals surface area contributed by atoms with Crippen LogP contribution in [0.4, 0.5) is 10.5 Å². The van der Waals surface area contributed by atoms with Crippen molar-refractivity contribution in [2.45, 2.75) is 38.1 Å². The number of urea groups is 1. The largest absolute Gasteiger partial charge is 0.508 e. The Balaban J connectivity index is 1.41. The van der Waals surface area contributed by atoms with Crippen molar-refractivity contribution in [3.8, 4) is 5.75 Å². The lowest BCUT2D eigenvalue weighted by Gasteiger charge is -2.36. The first-order valence-electron chi connectivity index (χ1n) is 9.62.